The third kappa shape index (κ3) is 2.08. The largest absolute Gasteiger partial charge is 0.465 e. The van der Waals surface area contributed by atoms with E-state index in [1.165, 1.54) is 7.11 Å². The number of carbonyl (C=O) groups is 1. The number of methoxy groups -OCH3 is 1. The fourth-order valence-electron chi connectivity index (χ4n) is 2.03. The maximum absolute atomic E-state index is 11.4. The Morgan fingerprint density at radius 3 is 2.88 bits per heavy atom. The van der Waals surface area contributed by atoms with Gasteiger partial charge < -0.3 is 19.0 Å². The van der Waals surface area contributed by atoms with Crippen LogP contribution in [-0.2, 0) is 9.47 Å². The number of ether oxygens (including phenoxy) is 2. The Hall–Kier alpha value is -1.33. The molecule has 1 aliphatic heterocycles. The molecule has 1 aromatic rings. The zero-order valence-electron chi connectivity index (χ0n) is 10.1. The van der Waals surface area contributed by atoms with Gasteiger partial charge in [-0.05, 0) is 19.9 Å². The van der Waals surface area contributed by atoms with Crippen molar-refractivity contribution in [2.24, 2.45) is 0 Å². The molecule has 1 aromatic heterocycles. The van der Waals surface area contributed by atoms with Crippen molar-refractivity contribution in [2.45, 2.75) is 32.0 Å². The summed E-state index contributed by atoms with van der Waals surface area (Å²) in [6, 6.07) is 1.58. The van der Waals surface area contributed by atoms with Gasteiger partial charge in [-0.2, -0.15) is 0 Å². The van der Waals surface area contributed by atoms with E-state index in [4.69, 9.17) is 9.15 Å². The molecule has 0 bridgehead atoms. The summed E-state index contributed by atoms with van der Waals surface area (Å²) in [6.45, 7) is 3.85. The average molecular weight is 240 g/mol. The van der Waals surface area contributed by atoms with Crippen LogP contribution in [0.25, 0.3) is 0 Å². The highest BCUT2D eigenvalue weighted by Gasteiger charge is 2.41. The van der Waals surface area contributed by atoms with E-state index in [9.17, 15) is 9.90 Å². The third-order valence-electron chi connectivity index (χ3n) is 3.06. The molecule has 0 aromatic carbocycles. The van der Waals surface area contributed by atoms with Gasteiger partial charge in [0, 0.05) is 6.42 Å². The number of carbonyl (C=O) groups excluding carboxylic acids is 1. The van der Waals surface area contributed by atoms with Crippen molar-refractivity contribution in [3.8, 4) is 0 Å². The lowest BCUT2D eigenvalue weighted by molar-refractivity contribution is -0.0367. The van der Waals surface area contributed by atoms with Crippen molar-refractivity contribution in [2.75, 3.05) is 13.7 Å². The number of hydrogen-bond acceptors (Lipinski definition) is 5. The van der Waals surface area contributed by atoms with Crippen LogP contribution in [0, 0.1) is 6.92 Å². The number of aliphatic hydroxyl groups is 1. The maximum Gasteiger partial charge on any atom is 0.341 e. The molecule has 2 atom stereocenters. The van der Waals surface area contributed by atoms with Gasteiger partial charge in [0.25, 0.3) is 0 Å². The summed E-state index contributed by atoms with van der Waals surface area (Å²) in [6.07, 6.45) is 0.0185. The molecule has 5 nitrogen and oxygen atoms in total. The van der Waals surface area contributed by atoms with Crippen LogP contribution in [0.15, 0.2) is 10.5 Å². The second-order valence-corrected chi connectivity index (χ2v) is 4.47. The molecule has 2 rings (SSSR count). The van der Waals surface area contributed by atoms with Crippen LogP contribution < -0.4 is 0 Å². The standard InChI is InChI=1S/C12H16O5/c1-7-8(11(13)15-3)6-9(17-7)10-12(2,14)4-5-16-10/h6,10,14H,4-5H2,1-3H3/t10?,12-/m0/s1. The molecule has 0 spiro atoms. The van der Waals surface area contributed by atoms with Gasteiger partial charge in [0.1, 0.15) is 23.2 Å². The summed E-state index contributed by atoms with van der Waals surface area (Å²) in [5.74, 6) is 0.485. The van der Waals surface area contributed by atoms with Gasteiger partial charge in [-0.25, -0.2) is 4.79 Å². The maximum atomic E-state index is 11.4. The Morgan fingerprint density at radius 1 is 1.65 bits per heavy atom. The Labute approximate surface area is 99.3 Å². The predicted molar refractivity (Wildman–Crippen MR) is 58.7 cm³/mol. The van der Waals surface area contributed by atoms with Gasteiger partial charge >= 0.3 is 5.97 Å². The SMILES string of the molecule is COC(=O)c1cc(C2OCC[C@]2(C)O)oc1C. The van der Waals surface area contributed by atoms with Crippen LogP contribution in [0.1, 0.15) is 41.3 Å². The third-order valence-corrected chi connectivity index (χ3v) is 3.06. The first-order chi connectivity index (χ1) is 7.95. The molecule has 2 heterocycles. The van der Waals surface area contributed by atoms with Crippen LogP contribution in [0.2, 0.25) is 0 Å². The van der Waals surface area contributed by atoms with Crippen molar-refractivity contribution in [3.63, 3.8) is 0 Å². The number of hydrogen-bond donors (Lipinski definition) is 1. The van der Waals surface area contributed by atoms with Gasteiger partial charge in [-0.15, -0.1) is 0 Å². The van der Waals surface area contributed by atoms with Crippen molar-refractivity contribution < 1.29 is 23.8 Å². The highest BCUT2D eigenvalue weighted by molar-refractivity contribution is 5.90. The summed E-state index contributed by atoms with van der Waals surface area (Å²) in [7, 11) is 1.32. The molecule has 1 fully saturated rings. The van der Waals surface area contributed by atoms with E-state index in [2.05, 4.69) is 4.74 Å². The molecule has 1 saturated heterocycles. The summed E-state index contributed by atoms with van der Waals surface area (Å²) in [5, 5.41) is 10.1. The van der Waals surface area contributed by atoms with E-state index in [-0.39, 0.29) is 0 Å². The van der Waals surface area contributed by atoms with E-state index in [1.54, 1.807) is 19.9 Å². The van der Waals surface area contributed by atoms with Crippen molar-refractivity contribution in [1.29, 1.82) is 0 Å². The van der Waals surface area contributed by atoms with E-state index in [0.29, 0.717) is 30.1 Å². The van der Waals surface area contributed by atoms with Crippen molar-refractivity contribution in [1.82, 2.24) is 0 Å². The highest BCUT2D eigenvalue weighted by atomic mass is 16.5. The number of esters is 1. The first kappa shape index (κ1) is 12.1. The smallest absolute Gasteiger partial charge is 0.341 e. The molecule has 5 heteroatoms. The van der Waals surface area contributed by atoms with Crippen LogP contribution in [0.3, 0.4) is 0 Å². The topological polar surface area (TPSA) is 68.9 Å². The highest BCUT2D eigenvalue weighted by Crippen LogP contribution is 2.39. The lowest BCUT2D eigenvalue weighted by atomic mass is 9.96. The van der Waals surface area contributed by atoms with E-state index < -0.39 is 17.7 Å². The Bertz CT molecular complexity index is 432. The monoisotopic (exact) mass is 240 g/mol. The molecule has 0 saturated carbocycles. The summed E-state index contributed by atoms with van der Waals surface area (Å²) in [5.41, 5.74) is -0.591. The quantitative estimate of drug-likeness (QED) is 0.795. The lowest BCUT2D eigenvalue weighted by Gasteiger charge is -2.21. The first-order valence-corrected chi connectivity index (χ1v) is 5.48. The fourth-order valence-corrected chi connectivity index (χ4v) is 2.03. The van der Waals surface area contributed by atoms with E-state index >= 15 is 0 Å². The summed E-state index contributed by atoms with van der Waals surface area (Å²) >= 11 is 0. The molecule has 1 N–H and O–H groups in total. The van der Waals surface area contributed by atoms with Crippen LogP contribution in [-0.4, -0.2) is 30.4 Å². The van der Waals surface area contributed by atoms with Gasteiger partial charge in [0.15, 0.2) is 0 Å². The second kappa shape index (κ2) is 4.16. The Balaban J connectivity index is 2.32. The molecular weight excluding hydrogens is 224 g/mol. The van der Waals surface area contributed by atoms with Gasteiger partial charge in [0.05, 0.1) is 19.3 Å². The molecule has 0 radical (unpaired) electrons. The van der Waals surface area contributed by atoms with E-state index in [0.717, 1.165) is 0 Å². The number of aryl methyl sites for hydroxylation is 1. The minimum absolute atomic E-state index is 0.369. The van der Waals surface area contributed by atoms with Crippen LogP contribution >= 0.6 is 0 Å². The molecule has 0 aliphatic carbocycles. The minimum atomic E-state index is -0.961. The minimum Gasteiger partial charge on any atom is -0.465 e. The molecule has 17 heavy (non-hydrogen) atoms. The molecule has 0 amide bonds. The van der Waals surface area contributed by atoms with Crippen LogP contribution in [0.4, 0.5) is 0 Å². The summed E-state index contributed by atoms with van der Waals surface area (Å²) < 4.78 is 15.6. The molecule has 1 unspecified atom stereocenters. The summed E-state index contributed by atoms with van der Waals surface area (Å²) in [4.78, 5) is 11.4. The van der Waals surface area contributed by atoms with Crippen molar-refractivity contribution in [3.05, 3.63) is 23.2 Å². The predicted octanol–water partition coefficient (Wildman–Crippen LogP) is 1.59. The molecular formula is C12H16O5. The molecule has 1 aliphatic rings. The lowest BCUT2D eigenvalue weighted by Crippen LogP contribution is -2.27. The van der Waals surface area contributed by atoms with Crippen molar-refractivity contribution >= 4 is 5.97 Å². The Kier molecular flexibility index (Phi) is 2.97. The van der Waals surface area contributed by atoms with E-state index in [1.807, 2.05) is 0 Å². The zero-order valence-corrected chi connectivity index (χ0v) is 10.1. The average Bonchev–Trinajstić information content (AvgIpc) is 2.80. The zero-order chi connectivity index (χ0) is 12.6. The van der Waals surface area contributed by atoms with Gasteiger partial charge in [-0.1, -0.05) is 0 Å². The number of rotatable bonds is 2. The Morgan fingerprint density at radius 2 is 2.35 bits per heavy atom. The van der Waals surface area contributed by atoms with Gasteiger partial charge in [0.2, 0.25) is 0 Å². The second-order valence-electron chi connectivity index (χ2n) is 4.47. The normalized spacial score (nSPS) is 28.4. The van der Waals surface area contributed by atoms with Gasteiger partial charge in [-0.3, -0.25) is 0 Å². The van der Waals surface area contributed by atoms with Crippen LogP contribution in [0.5, 0.6) is 0 Å². The number of furan rings is 1. The molecule has 94 valence electrons. The fraction of sp³-hybridized carbons (Fsp3) is 0.583. The first-order valence-electron chi connectivity index (χ1n) is 5.48.